The Hall–Kier alpha value is -2.43. The lowest BCUT2D eigenvalue weighted by Gasteiger charge is -2.34. The maximum atomic E-state index is 12.7. The fourth-order valence-electron chi connectivity index (χ4n) is 4.46. The van der Waals surface area contributed by atoms with Crippen LogP contribution in [0.2, 0.25) is 0 Å². The van der Waals surface area contributed by atoms with E-state index >= 15 is 0 Å². The molecule has 0 bridgehead atoms. The second-order valence-electron chi connectivity index (χ2n) is 8.28. The standard InChI is InChI=1S/C23H30N4O/c1-17-7-5-6-10-20(17)24-23(28)19-13-15-27(16-14-19)22-12-11-21(25-26-22)18-8-3-2-4-9-18/h2-4,8-9,11-12,17,19-20H,5-7,10,13-16H2,1H3,(H,24,28). The zero-order chi connectivity index (χ0) is 19.3. The minimum absolute atomic E-state index is 0.127. The van der Waals surface area contributed by atoms with Gasteiger partial charge in [0, 0.05) is 30.6 Å². The van der Waals surface area contributed by atoms with Gasteiger partial charge < -0.3 is 10.2 Å². The van der Waals surface area contributed by atoms with Crippen molar-refractivity contribution in [2.45, 2.75) is 51.5 Å². The van der Waals surface area contributed by atoms with Gasteiger partial charge in [0.1, 0.15) is 0 Å². The molecular formula is C23H30N4O. The Bertz CT molecular complexity index is 769. The highest BCUT2D eigenvalue weighted by atomic mass is 16.2. The van der Waals surface area contributed by atoms with Crippen LogP contribution in [-0.2, 0) is 4.79 Å². The zero-order valence-electron chi connectivity index (χ0n) is 16.7. The first-order valence-corrected chi connectivity index (χ1v) is 10.6. The summed E-state index contributed by atoms with van der Waals surface area (Å²) in [6, 6.07) is 14.5. The fraction of sp³-hybridized carbons (Fsp3) is 0.522. The zero-order valence-corrected chi connectivity index (χ0v) is 16.7. The Labute approximate surface area is 167 Å². The molecule has 0 spiro atoms. The molecule has 2 unspecified atom stereocenters. The minimum atomic E-state index is 0.127. The van der Waals surface area contributed by atoms with Crippen molar-refractivity contribution < 1.29 is 4.79 Å². The van der Waals surface area contributed by atoms with Crippen LogP contribution in [0.4, 0.5) is 5.82 Å². The molecule has 1 aliphatic carbocycles. The highest BCUT2D eigenvalue weighted by molar-refractivity contribution is 5.79. The van der Waals surface area contributed by atoms with E-state index in [-0.39, 0.29) is 11.8 Å². The van der Waals surface area contributed by atoms with Crippen molar-refractivity contribution in [1.29, 1.82) is 0 Å². The number of aromatic nitrogens is 2. The highest BCUT2D eigenvalue weighted by Gasteiger charge is 2.29. The molecule has 1 aromatic carbocycles. The number of hydrogen-bond acceptors (Lipinski definition) is 4. The van der Waals surface area contributed by atoms with E-state index in [9.17, 15) is 4.79 Å². The van der Waals surface area contributed by atoms with Crippen LogP contribution in [0.1, 0.15) is 45.4 Å². The van der Waals surface area contributed by atoms with E-state index < -0.39 is 0 Å². The van der Waals surface area contributed by atoms with E-state index in [2.05, 4.69) is 27.3 Å². The summed E-state index contributed by atoms with van der Waals surface area (Å²) >= 11 is 0. The third-order valence-corrected chi connectivity index (χ3v) is 6.35. The lowest BCUT2D eigenvalue weighted by Crippen LogP contribution is -2.46. The molecule has 2 atom stereocenters. The first-order chi connectivity index (χ1) is 13.7. The summed E-state index contributed by atoms with van der Waals surface area (Å²) in [4.78, 5) is 14.9. The summed E-state index contributed by atoms with van der Waals surface area (Å²) in [5, 5.41) is 12.2. The lowest BCUT2D eigenvalue weighted by atomic mass is 9.85. The molecular weight excluding hydrogens is 348 g/mol. The van der Waals surface area contributed by atoms with Gasteiger partial charge >= 0.3 is 0 Å². The molecule has 2 aromatic rings. The van der Waals surface area contributed by atoms with Gasteiger partial charge in [-0.3, -0.25) is 4.79 Å². The summed E-state index contributed by atoms with van der Waals surface area (Å²) in [5.74, 6) is 1.89. The topological polar surface area (TPSA) is 58.1 Å². The summed E-state index contributed by atoms with van der Waals surface area (Å²) in [7, 11) is 0. The number of nitrogens with zero attached hydrogens (tertiary/aromatic N) is 3. The second kappa shape index (κ2) is 8.72. The van der Waals surface area contributed by atoms with Crippen LogP contribution < -0.4 is 10.2 Å². The summed E-state index contributed by atoms with van der Waals surface area (Å²) in [6.07, 6.45) is 6.68. The first-order valence-electron chi connectivity index (χ1n) is 10.6. The predicted octanol–water partition coefficient (Wildman–Crippen LogP) is 4.05. The van der Waals surface area contributed by atoms with Crippen molar-refractivity contribution in [3.63, 3.8) is 0 Å². The maximum Gasteiger partial charge on any atom is 0.223 e. The second-order valence-corrected chi connectivity index (χ2v) is 8.28. The highest BCUT2D eigenvalue weighted by Crippen LogP contribution is 2.26. The van der Waals surface area contributed by atoms with Gasteiger partial charge in [-0.05, 0) is 43.7 Å². The van der Waals surface area contributed by atoms with Gasteiger partial charge in [-0.1, -0.05) is 50.1 Å². The van der Waals surface area contributed by atoms with Gasteiger partial charge in [0.25, 0.3) is 0 Å². The summed E-state index contributed by atoms with van der Waals surface area (Å²) < 4.78 is 0. The number of hydrogen-bond donors (Lipinski definition) is 1. The van der Waals surface area contributed by atoms with Crippen LogP contribution in [0.15, 0.2) is 42.5 Å². The van der Waals surface area contributed by atoms with E-state index in [0.717, 1.165) is 49.4 Å². The quantitative estimate of drug-likeness (QED) is 0.872. The van der Waals surface area contributed by atoms with Gasteiger partial charge in [0.05, 0.1) is 5.69 Å². The number of amides is 1. The molecule has 5 heteroatoms. The van der Waals surface area contributed by atoms with Gasteiger partial charge in [-0.15, -0.1) is 10.2 Å². The number of benzene rings is 1. The molecule has 1 amide bonds. The van der Waals surface area contributed by atoms with Crippen LogP contribution in [0.3, 0.4) is 0 Å². The van der Waals surface area contributed by atoms with E-state index in [1.807, 2.05) is 42.5 Å². The Kier molecular flexibility index (Phi) is 5.89. The van der Waals surface area contributed by atoms with Gasteiger partial charge in [0.2, 0.25) is 5.91 Å². The molecule has 1 N–H and O–H groups in total. The van der Waals surface area contributed by atoms with E-state index in [0.29, 0.717) is 12.0 Å². The molecule has 148 valence electrons. The molecule has 0 radical (unpaired) electrons. The van der Waals surface area contributed by atoms with Crippen molar-refractivity contribution in [3.05, 3.63) is 42.5 Å². The average Bonchev–Trinajstić information content (AvgIpc) is 2.76. The third kappa shape index (κ3) is 4.34. The van der Waals surface area contributed by atoms with Gasteiger partial charge in [0.15, 0.2) is 5.82 Å². The fourth-order valence-corrected chi connectivity index (χ4v) is 4.46. The van der Waals surface area contributed by atoms with Crippen molar-refractivity contribution in [2.24, 2.45) is 11.8 Å². The molecule has 1 saturated heterocycles. The van der Waals surface area contributed by atoms with Crippen molar-refractivity contribution in [3.8, 4) is 11.3 Å². The van der Waals surface area contributed by atoms with Crippen LogP contribution in [-0.4, -0.2) is 35.2 Å². The smallest absolute Gasteiger partial charge is 0.223 e. The van der Waals surface area contributed by atoms with Crippen molar-refractivity contribution >= 4 is 11.7 Å². The predicted molar refractivity (Wildman–Crippen MR) is 112 cm³/mol. The molecule has 2 aliphatic rings. The lowest BCUT2D eigenvalue weighted by molar-refractivity contribution is -0.126. The maximum absolute atomic E-state index is 12.7. The normalized spacial score (nSPS) is 23.4. The molecule has 2 heterocycles. The number of nitrogens with one attached hydrogen (secondary N) is 1. The van der Waals surface area contributed by atoms with E-state index in [4.69, 9.17) is 0 Å². The van der Waals surface area contributed by atoms with Crippen molar-refractivity contribution in [1.82, 2.24) is 15.5 Å². The number of anilines is 1. The van der Waals surface area contributed by atoms with Crippen LogP contribution >= 0.6 is 0 Å². The molecule has 28 heavy (non-hydrogen) atoms. The van der Waals surface area contributed by atoms with Gasteiger partial charge in [-0.25, -0.2) is 0 Å². The molecule has 5 nitrogen and oxygen atoms in total. The molecule has 2 fully saturated rings. The summed E-state index contributed by atoms with van der Waals surface area (Å²) in [6.45, 7) is 3.99. The molecule has 1 saturated carbocycles. The Morgan fingerprint density at radius 2 is 1.71 bits per heavy atom. The SMILES string of the molecule is CC1CCCCC1NC(=O)C1CCN(c2ccc(-c3ccccc3)nn2)CC1. The molecule has 4 rings (SSSR count). The molecule has 1 aromatic heterocycles. The van der Waals surface area contributed by atoms with Crippen LogP contribution in [0.5, 0.6) is 0 Å². The minimum Gasteiger partial charge on any atom is -0.355 e. The number of carbonyl (C=O) groups excluding carboxylic acids is 1. The van der Waals surface area contributed by atoms with Crippen molar-refractivity contribution in [2.75, 3.05) is 18.0 Å². The Morgan fingerprint density at radius 3 is 2.39 bits per heavy atom. The van der Waals surface area contributed by atoms with E-state index in [1.54, 1.807) is 0 Å². The first kappa shape index (κ1) is 18.9. The molecule has 1 aliphatic heterocycles. The summed E-state index contributed by atoms with van der Waals surface area (Å²) in [5.41, 5.74) is 1.97. The largest absolute Gasteiger partial charge is 0.355 e. The van der Waals surface area contributed by atoms with Crippen LogP contribution in [0, 0.1) is 11.8 Å². The van der Waals surface area contributed by atoms with E-state index in [1.165, 1.54) is 19.3 Å². The Morgan fingerprint density at radius 1 is 0.964 bits per heavy atom. The Balaban J connectivity index is 1.30. The van der Waals surface area contributed by atoms with Gasteiger partial charge in [-0.2, -0.15) is 0 Å². The third-order valence-electron chi connectivity index (χ3n) is 6.35. The number of piperidine rings is 1. The monoisotopic (exact) mass is 378 g/mol. The number of carbonyl (C=O) groups is 1. The number of rotatable bonds is 4. The van der Waals surface area contributed by atoms with Crippen LogP contribution in [0.25, 0.3) is 11.3 Å². The average molecular weight is 379 g/mol.